The van der Waals surface area contributed by atoms with Gasteiger partial charge in [0.1, 0.15) is 0 Å². The first-order chi connectivity index (χ1) is 8.24. The van der Waals surface area contributed by atoms with E-state index in [1.165, 1.54) is 22.9 Å². The summed E-state index contributed by atoms with van der Waals surface area (Å²) in [5, 5.41) is 9.39. The molecule has 1 saturated heterocycles. The summed E-state index contributed by atoms with van der Waals surface area (Å²) in [6, 6.07) is 6.60. The number of benzene rings is 1. The monoisotopic (exact) mass is 229 g/mol. The lowest BCUT2D eigenvalue weighted by Crippen LogP contribution is -2.15. The average molecular weight is 229 g/mol. The normalized spacial score (nSPS) is 20.2. The summed E-state index contributed by atoms with van der Waals surface area (Å²) in [4.78, 5) is 0. The molecule has 1 fully saturated rings. The van der Waals surface area contributed by atoms with Gasteiger partial charge in [0.25, 0.3) is 0 Å². The zero-order valence-corrected chi connectivity index (χ0v) is 10.5. The molecular weight excluding hydrogens is 210 g/mol. The Hall–Kier alpha value is -1.35. The number of hydrogen-bond donors (Lipinski definition) is 1. The van der Waals surface area contributed by atoms with E-state index in [1.807, 2.05) is 0 Å². The maximum Gasteiger partial charge on any atom is 0.0687 e. The summed E-state index contributed by atoms with van der Waals surface area (Å²) < 4.78 is 2.19. The zero-order valence-electron chi connectivity index (χ0n) is 10.5. The SMILES string of the molecule is Cc1ccc2c(C)nn(CC3CCNC3)c2c1. The molecule has 2 heterocycles. The van der Waals surface area contributed by atoms with Crippen molar-refractivity contribution in [2.45, 2.75) is 26.8 Å². The van der Waals surface area contributed by atoms with E-state index >= 15 is 0 Å². The highest BCUT2D eigenvalue weighted by Gasteiger charge is 2.17. The molecule has 1 atom stereocenters. The van der Waals surface area contributed by atoms with Crippen molar-refractivity contribution in [2.24, 2.45) is 5.92 Å². The molecule has 1 unspecified atom stereocenters. The van der Waals surface area contributed by atoms with Crippen LogP contribution in [0.15, 0.2) is 18.2 Å². The number of fused-ring (bicyclic) bond motifs is 1. The summed E-state index contributed by atoms with van der Waals surface area (Å²) in [5.74, 6) is 0.734. The largest absolute Gasteiger partial charge is 0.316 e. The summed E-state index contributed by atoms with van der Waals surface area (Å²) in [5.41, 5.74) is 3.74. The molecule has 3 heteroatoms. The van der Waals surface area contributed by atoms with Gasteiger partial charge >= 0.3 is 0 Å². The van der Waals surface area contributed by atoms with E-state index in [0.29, 0.717) is 0 Å². The molecule has 90 valence electrons. The van der Waals surface area contributed by atoms with Gasteiger partial charge in [0.05, 0.1) is 11.2 Å². The van der Waals surface area contributed by atoms with Gasteiger partial charge in [-0.2, -0.15) is 5.10 Å². The topological polar surface area (TPSA) is 29.9 Å². The molecule has 0 spiro atoms. The minimum Gasteiger partial charge on any atom is -0.316 e. The summed E-state index contributed by atoms with van der Waals surface area (Å²) in [6.07, 6.45) is 1.27. The average Bonchev–Trinajstić information content (AvgIpc) is 2.89. The first-order valence-corrected chi connectivity index (χ1v) is 6.38. The van der Waals surface area contributed by atoms with Crippen LogP contribution >= 0.6 is 0 Å². The quantitative estimate of drug-likeness (QED) is 0.856. The first kappa shape index (κ1) is 10.8. The van der Waals surface area contributed by atoms with E-state index in [1.54, 1.807) is 0 Å². The fourth-order valence-corrected chi connectivity index (χ4v) is 2.70. The molecule has 17 heavy (non-hydrogen) atoms. The highest BCUT2D eigenvalue weighted by molar-refractivity contribution is 5.82. The van der Waals surface area contributed by atoms with Gasteiger partial charge in [-0.25, -0.2) is 0 Å². The molecule has 0 amide bonds. The van der Waals surface area contributed by atoms with E-state index in [4.69, 9.17) is 0 Å². The Morgan fingerprint density at radius 2 is 2.29 bits per heavy atom. The fraction of sp³-hybridized carbons (Fsp3) is 0.500. The minimum atomic E-state index is 0.734. The van der Waals surface area contributed by atoms with Gasteiger partial charge < -0.3 is 5.32 Å². The molecule has 1 aromatic carbocycles. The summed E-state index contributed by atoms with van der Waals surface area (Å²) >= 11 is 0. The van der Waals surface area contributed by atoms with Crippen molar-refractivity contribution in [2.75, 3.05) is 13.1 Å². The fourth-order valence-electron chi connectivity index (χ4n) is 2.70. The molecule has 1 aliphatic rings. The molecule has 1 aliphatic heterocycles. The lowest BCUT2D eigenvalue weighted by Gasteiger charge is -2.09. The van der Waals surface area contributed by atoms with Crippen LogP contribution in [0.1, 0.15) is 17.7 Å². The van der Waals surface area contributed by atoms with Gasteiger partial charge in [-0.1, -0.05) is 12.1 Å². The molecule has 0 saturated carbocycles. The maximum atomic E-state index is 4.68. The third-order valence-corrected chi connectivity index (χ3v) is 3.69. The Balaban J connectivity index is 2.00. The number of nitrogens with zero attached hydrogens (tertiary/aromatic N) is 2. The van der Waals surface area contributed by atoms with E-state index in [2.05, 4.69) is 47.1 Å². The van der Waals surface area contributed by atoms with Crippen LogP contribution in [0.25, 0.3) is 10.9 Å². The van der Waals surface area contributed by atoms with Crippen LogP contribution < -0.4 is 5.32 Å². The summed E-state index contributed by atoms with van der Waals surface area (Å²) in [6.45, 7) is 7.57. The first-order valence-electron chi connectivity index (χ1n) is 6.38. The van der Waals surface area contributed by atoms with E-state index in [9.17, 15) is 0 Å². The molecule has 3 rings (SSSR count). The van der Waals surface area contributed by atoms with Gasteiger partial charge in [0.15, 0.2) is 0 Å². The van der Waals surface area contributed by atoms with Crippen molar-refractivity contribution in [3.05, 3.63) is 29.5 Å². The lowest BCUT2D eigenvalue weighted by molar-refractivity contribution is 0.458. The Bertz CT molecular complexity index is 536. The Labute approximate surface area is 102 Å². The van der Waals surface area contributed by atoms with Crippen molar-refractivity contribution >= 4 is 10.9 Å². The Kier molecular flexibility index (Phi) is 2.63. The maximum absolute atomic E-state index is 4.68. The van der Waals surface area contributed by atoms with Gasteiger partial charge in [-0.15, -0.1) is 0 Å². The van der Waals surface area contributed by atoms with Crippen molar-refractivity contribution in [1.82, 2.24) is 15.1 Å². The second-order valence-corrected chi connectivity index (χ2v) is 5.15. The van der Waals surface area contributed by atoms with Crippen LogP contribution in [0.4, 0.5) is 0 Å². The molecule has 2 aromatic rings. The second kappa shape index (κ2) is 4.15. The van der Waals surface area contributed by atoms with E-state index in [-0.39, 0.29) is 0 Å². The third kappa shape index (κ3) is 1.95. The second-order valence-electron chi connectivity index (χ2n) is 5.15. The molecule has 0 bridgehead atoms. The van der Waals surface area contributed by atoms with E-state index in [0.717, 1.165) is 31.2 Å². The van der Waals surface area contributed by atoms with Crippen LogP contribution in [0, 0.1) is 19.8 Å². The van der Waals surface area contributed by atoms with Crippen molar-refractivity contribution < 1.29 is 0 Å². The highest BCUT2D eigenvalue weighted by Crippen LogP contribution is 2.21. The Morgan fingerprint density at radius 3 is 3.06 bits per heavy atom. The van der Waals surface area contributed by atoms with Crippen molar-refractivity contribution in [3.8, 4) is 0 Å². The van der Waals surface area contributed by atoms with Crippen molar-refractivity contribution in [3.63, 3.8) is 0 Å². The molecular formula is C14H19N3. The minimum absolute atomic E-state index is 0.734. The molecule has 1 N–H and O–H groups in total. The molecule has 1 aromatic heterocycles. The number of nitrogens with one attached hydrogen (secondary N) is 1. The number of aryl methyl sites for hydroxylation is 2. The predicted octanol–water partition coefficient (Wildman–Crippen LogP) is 2.26. The molecule has 3 nitrogen and oxygen atoms in total. The van der Waals surface area contributed by atoms with Crippen LogP contribution in [0.2, 0.25) is 0 Å². The van der Waals surface area contributed by atoms with Crippen LogP contribution in [-0.2, 0) is 6.54 Å². The van der Waals surface area contributed by atoms with Crippen LogP contribution in [0.3, 0.4) is 0 Å². The third-order valence-electron chi connectivity index (χ3n) is 3.69. The number of aromatic nitrogens is 2. The standard InChI is InChI=1S/C14H19N3/c1-10-3-4-13-11(2)16-17(14(13)7-10)9-12-5-6-15-8-12/h3-4,7,12,15H,5-6,8-9H2,1-2H3. The van der Waals surface area contributed by atoms with Gasteiger partial charge in [-0.05, 0) is 50.9 Å². The number of rotatable bonds is 2. The van der Waals surface area contributed by atoms with E-state index < -0.39 is 0 Å². The van der Waals surface area contributed by atoms with Crippen molar-refractivity contribution in [1.29, 1.82) is 0 Å². The van der Waals surface area contributed by atoms with Gasteiger partial charge in [0, 0.05) is 11.9 Å². The molecule has 0 radical (unpaired) electrons. The smallest absolute Gasteiger partial charge is 0.0687 e. The van der Waals surface area contributed by atoms with Gasteiger partial charge in [0.2, 0.25) is 0 Å². The van der Waals surface area contributed by atoms with Gasteiger partial charge in [-0.3, -0.25) is 4.68 Å². The predicted molar refractivity (Wildman–Crippen MR) is 70.2 cm³/mol. The molecule has 0 aliphatic carbocycles. The van der Waals surface area contributed by atoms with Crippen LogP contribution in [0.5, 0.6) is 0 Å². The lowest BCUT2D eigenvalue weighted by atomic mass is 10.1. The highest BCUT2D eigenvalue weighted by atomic mass is 15.3. The Morgan fingerprint density at radius 1 is 1.41 bits per heavy atom. The number of hydrogen-bond acceptors (Lipinski definition) is 2. The zero-order chi connectivity index (χ0) is 11.8. The summed E-state index contributed by atoms with van der Waals surface area (Å²) in [7, 11) is 0. The van der Waals surface area contributed by atoms with Crippen LogP contribution in [-0.4, -0.2) is 22.9 Å².